The third-order valence-corrected chi connectivity index (χ3v) is 1.49. The van der Waals surface area contributed by atoms with Gasteiger partial charge < -0.3 is 10.2 Å². The van der Waals surface area contributed by atoms with Crippen LogP contribution >= 0.6 is 0 Å². The van der Waals surface area contributed by atoms with Crippen molar-refractivity contribution in [1.29, 1.82) is 0 Å². The number of hydrogen-bond donors (Lipinski definition) is 2. The molecule has 1 aromatic carbocycles. The molecular formula is C10H10O3. The van der Waals surface area contributed by atoms with Crippen LogP contribution < -0.4 is 0 Å². The van der Waals surface area contributed by atoms with Crippen molar-refractivity contribution in [3.63, 3.8) is 0 Å². The van der Waals surface area contributed by atoms with Crippen LogP contribution in [-0.2, 0) is 4.79 Å². The Morgan fingerprint density at radius 3 is 2.38 bits per heavy atom. The third kappa shape index (κ3) is 3.19. The number of aliphatic hydroxyl groups excluding tert-OH is 1. The van der Waals surface area contributed by atoms with Crippen LogP contribution in [0.3, 0.4) is 0 Å². The molecular weight excluding hydrogens is 168 g/mol. The second-order valence-corrected chi connectivity index (χ2v) is 2.52. The summed E-state index contributed by atoms with van der Waals surface area (Å²) in [6.07, 6.45) is 0.752. The van der Waals surface area contributed by atoms with Crippen LogP contribution in [0.4, 0.5) is 0 Å². The summed E-state index contributed by atoms with van der Waals surface area (Å²) in [5, 5.41) is 16.9. The fourth-order valence-electron chi connectivity index (χ4n) is 0.829. The largest absolute Gasteiger partial charge is 0.362 e. The van der Waals surface area contributed by atoms with Crippen molar-refractivity contribution in [1.82, 2.24) is 0 Å². The van der Waals surface area contributed by atoms with Gasteiger partial charge in [0.25, 0.3) is 0 Å². The molecule has 0 heterocycles. The van der Waals surface area contributed by atoms with Crippen molar-refractivity contribution in [2.45, 2.75) is 6.29 Å². The van der Waals surface area contributed by atoms with Crippen LogP contribution in [0.2, 0.25) is 0 Å². The van der Waals surface area contributed by atoms with Gasteiger partial charge in [-0.25, -0.2) is 0 Å². The van der Waals surface area contributed by atoms with Gasteiger partial charge in [-0.15, -0.1) is 0 Å². The molecule has 3 nitrogen and oxygen atoms in total. The average Bonchev–Trinajstić information content (AvgIpc) is 2.15. The maximum Gasteiger partial charge on any atom is 0.217 e. The predicted octanol–water partition coefficient (Wildman–Crippen LogP) is 0.580. The van der Waals surface area contributed by atoms with Crippen molar-refractivity contribution in [3.05, 3.63) is 42.0 Å². The second kappa shape index (κ2) is 4.54. The van der Waals surface area contributed by atoms with Crippen molar-refractivity contribution in [2.75, 3.05) is 0 Å². The average molecular weight is 178 g/mol. The molecule has 0 saturated heterocycles. The highest BCUT2D eigenvalue weighted by Gasteiger charge is 2.04. The van der Waals surface area contributed by atoms with E-state index in [0.717, 1.165) is 11.6 Å². The Kier molecular flexibility index (Phi) is 3.37. The summed E-state index contributed by atoms with van der Waals surface area (Å²) in [4.78, 5) is 10.7. The van der Waals surface area contributed by atoms with E-state index in [1.807, 2.05) is 30.3 Å². The molecule has 13 heavy (non-hydrogen) atoms. The fourth-order valence-corrected chi connectivity index (χ4v) is 0.829. The molecule has 68 valence electrons. The van der Waals surface area contributed by atoms with Gasteiger partial charge in [-0.3, -0.25) is 4.79 Å². The van der Waals surface area contributed by atoms with Crippen LogP contribution in [0.1, 0.15) is 5.56 Å². The van der Waals surface area contributed by atoms with Crippen LogP contribution in [-0.4, -0.2) is 22.3 Å². The van der Waals surface area contributed by atoms with Crippen molar-refractivity contribution < 1.29 is 15.0 Å². The molecule has 0 aromatic heterocycles. The van der Waals surface area contributed by atoms with E-state index in [4.69, 9.17) is 10.2 Å². The van der Waals surface area contributed by atoms with Gasteiger partial charge >= 0.3 is 0 Å². The lowest BCUT2D eigenvalue weighted by molar-refractivity contribution is -0.139. The van der Waals surface area contributed by atoms with E-state index in [2.05, 4.69) is 0 Å². The molecule has 1 rings (SSSR count). The highest BCUT2D eigenvalue weighted by atomic mass is 16.5. The summed E-state index contributed by atoms with van der Waals surface area (Å²) < 4.78 is 0. The minimum Gasteiger partial charge on any atom is -0.362 e. The molecule has 0 aliphatic heterocycles. The standard InChI is InChI=1S/C10H10O3/c11-9(10(12)13)7-6-8-4-2-1-3-5-8/h1-7,10,12-13H/b7-6-. The first kappa shape index (κ1) is 9.64. The van der Waals surface area contributed by atoms with E-state index in [1.165, 1.54) is 6.08 Å². The Morgan fingerprint density at radius 2 is 1.85 bits per heavy atom. The molecule has 0 fully saturated rings. The van der Waals surface area contributed by atoms with E-state index in [0.29, 0.717) is 0 Å². The normalized spacial score (nSPS) is 11.0. The molecule has 0 radical (unpaired) electrons. The summed E-state index contributed by atoms with van der Waals surface area (Å²) >= 11 is 0. The second-order valence-electron chi connectivity index (χ2n) is 2.52. The Balaban J connectivity index is 2.64. The van der Waals surface area contributed by atoms with Crippen LogP contribution in [0.25, 0.3) is 6.08 Å². The number of benzene rings is 1. The Hall–Kier alpha value is -1.45. The predicted molar refractivity (Wildman–Crippen MR) is 48.7 cm³/mol. The van der Waals surface area contributed by atoms with E-state index >= 15 is 0 Å². The first-order chi connectivity index (χ1) is 6.20. The number of carbonyl (C=O) groups excluding carboxylic acids is 1. The number of aliphatic hydroxyl groups is 2. The topological polar surface area (TPSA) is 57.5 Å². The van der Waals surface area contributed by atoms with Gasteiger partial charge in [0, 0.05) is 0 Å². The molecule has 0 saturated carbocycles. The fraction of sp³-hybridized carbons (Fsp3) is 0.100. The molecule has 0 bridgehead atoms. The van der Waals surface area contributed by atoms with Gasteiger partial charge in [0.15, 0.2) is 0 Å². The number of ketones is 1. The molecule has 0 unspecified atom stereocenters. The van der Waals surface area contributed by atoms with Gasteiger partial charge in [-0.05, 0) is 11.6 Å². The lowest BCUT2D eigenvalue weighted by Crippen LogP contribution is -2.16. The zero-order valence-electron chi connectivity index (χ0n) is 6.92. The number of rotatable bonds is 3. The number of hydrogen-bond acceptors (Lipinski definition) is 3. The summed E-state index contributed by atoms with van der Waals surface area (Å²) in [5.41, 5.74) is 0.844. The van der Waals surface area contributed by atoms with E-state index in [-0.39, 0.29) is 0 Å². The first-order valence-corrected chi connectivity index (χ1v) is 3.83. The maximum atomic E-state index is 10.7. The molecule has 0 aliphatic carbocycles. The zero-order chi connectivity index (χ0) is 9.68. The first-order valence-electron chi connectivity index (χ1n) is 3.83. The minimum absolute atomic E-state index is 0.719. The van der Waals surface area contributed by atoms with Gasteiger partial charge in [-0.1, -0.05) is 36.4 Å². The monoisotopic (exact) mass is 178 g/mol. The molecule has 3 heteroatoms. The highest BCUT2D eigenvalue weighted by Crippen LogP contribution is 2.01. The highest BCUT2D eigenvalue weighted by molar-refractivity contribution is 5.95. The van der Waals surface area contributed by atoms with E-state index in [9.17, 15) is 4.79 Å². The van der Waals surface area contributed by atoms with Crippen molar-refractivity contribution >= 4 is 11.9 Å². The molecule has 0 spiro atoms. The maximum absolute atomic E-state index is 10.7. The summed E-state index contributed by atoms with van der Waals surface area (Å²) in [6, 6.07) is 9.15. The molecule has 2 N–H and O–H groups in total. The SMILES string of the molecule is O=C(/C=C\c1ccccc1)C(O)O. The molecule has 0 atom stereocenters. The van der Waals surface area contributed by atoms with Gasteiger partial charge in [0.05, 0.1) is 0 Å². The van der Waals surface area contributed by atoms with Crippen LogP contribution in [0.15, 0.2) is 36.4 Å². The Bertz CT molecular complexity index is 301. The van der Waals surface area contributed by atoms with Crippen LogP contribution in [0, 0.1) is 0 Å². The number of carbonyl (C=O) groups is 1. The summed E-state index contributed by atoms with van der Waals surface area (Å²) in [7, 11) is 0. The molecule has 0 amide bonds. The zero-order valence-corrected chi connectivity index (χ0v) is 6.92. The summed E-state index contributed by atoms with van der Waals surface area (Å²) in [5.74, 6) is -0.719. The third-order valence-electron chi connectivity index (χ3n) is 1.49. The van der Waals surface area contributed by atoms with Crippen molar-refractivity contribution in [3.8, 4) is 0 Å². The summed E-state index contributed by atoms with van der Waals surface area (Å²) in [6.45, 7) is 0. The van der Waals surface area contributed by atoms with Crippen molar-refractivity contribution in [2.24, 2.45) is 0 Å². The molecule has 1 aromatic rings. The Labute approximate surface area is 76.0 Å². The minimum atomic E-state index is -1.92. The lowest BCUT2D eigenvalue weighted by atomic mass is 10.2. The van der Waals surface area contributed by atoms with E-state index < -0.39 is 12.1 Å². The molecule has 0 aliphatic rings. The Morgan fingerprint density at radius 1 is 1.23 bits per heavy atom. The van der Waals surface area contributed by atoms with Gasteiger partial charge in [-0.2, -0.15) is 0 Å². The smallest absolute Gasteiger partial charge is 0.217 e. The van der Waals surface area contributed by atoms with Gasteiger partial charge in [0.2, 0.25) is 12.1 Å². The van der Waals surface area contributed by atoms with E-state index in [1.54, 1.807) is 0 Å². The van der Waals surface area contributed by atoms with Crippen LogP contribution in [0.5, 0.6) is 0 Å². The lowest BCUT2D eigenvalue weighted by Gasteiger charge is -1.95. The quantitative estimate of drug-likeness (QED) is 0.525. The van der Waals surface area contributed by atoms with Gasteiger partial charge in [0.1, 0.15) is 0 Å².